The molecule has 1 fully saturated rings. The molecule has 0 unspecified atom stereocenters. The molecule has 8 heteroatoms. The predicted octanol–water partition coefficient (Wildman–Crippen LogP) is 1.40. The summed E-state index contributed by atoms with van der Waals surface area (Å²) >= 11 is 1.49. The van der Waals surface area contributed by atoms with E-state index >= 15 is 0 Å². The van der Waals surface area contributed by atoms with Crippen LogP contribution >= 0.6 is 11.3 Å². The summed E-state index contributed by atoms with van der Waals surface area (Å²) in [7, 11) is 0. The Hall–Kier alpha value is -2.06. The number of carbonyl (C=O) groups is 1. The first-order valence-corrected chi connectivity index (χ1v) is 9.58. The molecule has 0 spiro atoms. The number of carbonyl (C=O) groups excluding carboxylic acids is 1. The number of nitrogens with zero attached hydrogens (tertiary/aromatic N) is 4. The summed E-state index contributed by atoms with van der Waals surface area (Å²) < 4.78 is 0. The van der Waals surface area contributed by atoms with Gasteiger partial charge < -0.3 is 16.0 Å². The van der Waals surface area contributed by atoms with Crippen LogP contribution in [0.25, 0.3) is 0 Å². The molecule has 1 amide bonds. The fourth-order valence-corrected chi connectivity index (χ4v) is 3.71. The largest absolute Gasteiger partial charge is 0.356 e. The topological polar surface area (TPSA) is 97.0 Å². The van der Waals surface area contributed by atoms with Crippen molar-refractivity contribution < 1.29 is 4.79 Å². The maximum atomic E-state index is 12.3. The van der Waals surface area contributed by atoms with Crippen molar-refractivity contribution >= 4 is 23.1 Å². The van der Waals surface area contributed by atoms with Crippen LogP contribution in [0.5, 0.6) is 0 Å². The van der Waals surface area contributed by atoms with Crippen molar-refractivity contribution in [1.29, 1.82) is 0 Å². The molecule has 2 aromatic heterocycles. The van der Waals surface area contributed by atoms with Crippen molar-refractivity contribution in [3.8, 4) is 0 Å². The summed E-state index contributed by atoms with van der Waals surface area (Å²) in [5.74, 6) is 0.885. The minimum Gasteiger partial charge on any atom is -0.356 e. The third-order valence-electron chi connectivity index (χ3n) is 4.37. The Kier molecular flexibility index (Phi) is 5.93. The van der Waals surface area contributed by atoms with Crippen molar-refractivity contribution in [3.05, 3.63) is 34.2 Å². The molecule has 7 nitrogen and oxygen atoms in total. The number of nitrogens with two attached hydrogens (primary N) is 1. The highest BCUT2D eigenvalue weighted by molar-refractivity contribution is 7.09. The molecule has 2 aromatic rings. The first kappa shape index (κ1) is 17.8. The molecular weight excluding hydrogens is 336 g/mol. The van der Waals surface area contributed by atoms with Crippen LogP contribution in [0.3, 0.4) is 0 Å². The normalized spacial score (nSPS) is 15.4. The van der Waals surface area contributed by atoms with E-state index in [1.54, 1.807) is 6.33 Å². The Morgan fingerprint density at radius 2 is 2.20 bits per heavy atom. The molecule has 1 aliphatic rings. The monoisotopic (exact) mass is 360 g/mol. The first-order valence-electron chi connectivity index (χ1n) is 8.70. The smallest absolute Gasteiger partial charge is 0.270 e. The Balaban J connectivity index is 1.52. The van der Waals surface area contributed by atoms with Crippen LogP contribution in [0.1, 0.15) is 41.0 Å². The van der Waals surface area contributed by atoms with Gasteiger partial charge in [-0.2, -0.15) is 0 Å². The molecule has 0 atom stereocenters. The minimum atomic E-state index is -0.0896. The lowest BCUT2D eigenvalue weighted by atomic mass is 10.0. The van der Waals surface area contributed by atoms with Gasteiger partial charge in [0, 0.05) is 42.7 Å². The summed E-state index contributed by atoms with van der Waals surface area (Å²) in [6.45, 7) is 4.39. The fourth-order valence-electron chi connectivity index (χ4n) is 2.92. The number of hydrogen-bond donors (Lipinski definition) is 2. The van der Waals surface area contributed by atoms with Gasteiger partial charge in [0.1, 0.15) is 17.8 Å². The molecule has 1 saturated heterocycles. The number of piperidine rings is 1. The molecule has 0 radical (unpaired) electrons. The van der Waals surface area contributed by atoms with Crippen molar-refractivity contribution in [2.24, 2.45) is 5.73 Å². The molecule has 0 aliphatic carbocycles. The summed E-state index contributed by atoms with van der Waals surface area (Å²) in [5.41, 5.74) is 7.08. The fraction of sp³-hybridized carbons (Fsp3) is 0.529. The number of amides is 1. The van der Waals surface area contributed by atoms with E-state index in [9.17, 15) is 4.79 Å². The molecule has 3 rings (SSSR count). The molecule has 134 valence electrons. The molecule has 1 aliphatic heterocycles. The molecule has 3 N–H and O–H groups in total. The molecular formula is C17H24N6OS. The van der Waals surface area contributed by atoms with Gasteiger partial charge in [0.05, 0.1) is 5.01 Å². The van der Waals surface area contributed by atoms with Crippen LogP contribution in [0.2, 0.25) is 0 Å². The van der Waals surface area contributed by atoms with E-state index in [0.717, 1.165) is 55.3 Å². The van der Waals surface area contributed by atoms with Gasteiger partial charge >= 0.3 is 0 Å². The maximum Gasteiger partial charge on any atom is 0.270 e. The lowest BCUT2D eigenvalue weighted by molar-refractivity contribution is 0.0926. The van der Waals surface area contributed by atoms with Crippen LogP contribution in [-0.4, -0.2) is 46.5 Å². The molecule has 0 bridgehead atoms. The standard InChI is InChI=1S/C17H24N6OS/c1-2-12-9-15(20-11-19-12)23-7-4-13(5-8-23)21-17(24)14-10-25-16(22-14)3-6-18/h9-11,13H,2-8,18H2,1H3,(H,21,24). The van der Waals surface area contributed by atoms with Crippen molar-refractivity contribution in [1.82, 2.24) is 20.3 Å². The van der Waals surface area contributed by atoms with Gasteiger partial charge in [-0.15, -0.1) is 11.3 Å². The van der Waals surface area contributed by atoms with E-state index in [0.29, 0.717) is 12.2 Å². The summed E-state index contributed by atoms with van der Waals surface area (Å²) in [6, 6.07) is 2.23. The Bertz CT molecular complexity index is 711. The van der Waals surface area contributed by atoms with E-state index < -0.39 is 0 Å². The van der Waals surface area contributed by atoms with Gasteiger partial charge in [0.2, 0.25) is 0 Å². The molecule has 0 aromatic carbocycles. The van der Waals surface area contributed by atoms with Crippen LogP contribution in [0, 0.1) is 0 Å². The van der Waals surface area contributed by atoms with Crippen LogP contribution in [0.15, 0.2) is 17.8 Å². The minimum absolute atomic E-state index is 0.0896. The van der Waals surface area contributed by atoms with Crippen molar-refractivity contribution in [2.75, 3.05) is 24.5 Å². The zero-order valence-corrected chi connectivity index (χ0v) is 15.3. The van der Waals surface area contributed by atoms with Gasteiger partial charge in [-0.1, -0.05) is 6.92 Å². The van der Waals surface area contributed by atoms with E-state index in [1.165, 1.54) is 11.3 Å². The average Bonchev–Trinajstić information content (AvgIpc) is 3.11. The number of nitrogens with one attached hydrogen (secondary N) is 1. The highest BCUT2D eigenvalue weighted by Gasteiger charge is 2.23. The van der Waals surface area contributed by atoms with Crippen LogP contribution in [-0.2, 0) is 12.8 Å². The highest BCUT2D eigenvalue weighted by atomic mass is 32.1. The van der Waals surface area contributed by atoms with E-state index in [1.807, 2.05) is 11.4 Å². The number of anilines is 1. The molecule has 25 heavy (non-hydrogen) atoms. The summed E-state index contributed by atoms with van der Waals surface area (Å²) in [5, 5.41) is 5.82. The quantitative estimate of drug-likeness (QED) is 0.808. The summed E-state index contributed by atoms with van der Waals surface area (Å²) in [4.78, 5) is 27.6. The Morgan fingerprint density at radius 1 is 1.40 bits per heavy atom. The Morgan fingerprint density at radius 3 is 2.92 bits per heavy atom. The van der Waals surface area contributed by atoms with Gasteiger partial charge in [0.25, 0.3) is 5.91 Å². The van der Waals surface area contributed by atoms with Gasteiger partial charge in [-0.25, -0.2) is 15.0 Å². The van der Waals surface area contributed by atoms with Crippen LogP contribution < -0.4 is 16.0 Å². The lowest BCUT2D eigenvalue weighted by Crippen LogP contribution is -2.45. The van der Waals surface area contributed by atoms with E-state index in [4.69, 9.17) is 5.73 Å². The number of aryl methyl sites for hydroxylation is 1. The highest BCUT2D eigenvalue weighted by Crippen LogP contribution is 2.19. The maximum absolute atomic E-state index is 12.3. The van der Waals surface area contributed by atoms with Crippen LogP contribution in [0.4, 0.5) is 5.82 Å². The second-order valence-electron chi connectivity index (χ2n) is 6.12. The number of thiazole rings is 1. The third-order valence-corrected chi connectivity index (χ3v) is 5.28. The van der Waals surface area contributed by atoms with E-state index in [-0.39, 0.29) is 11.9 Å². The van der Waals surface area contributed by atoms with Gasteiger partial charge in [0.15, 0.2) is 0 Å². The van der Waals surface area contributed by atoms with Crippen molar-refractivity contribution in [3.63, 3.8) is 0 Å². The third kappa shape index (κ3) is 4.52. The zero-order valence-electron chi connectivity index (χ0n) is 14.4. The van der Waals surface area contributed by atoms with Gasteiger partial charge in [-0.3, -0.25) is 4.79 Å². The lowest BCUT2D eigenvalue weighted by Gasteiger charge is -2.33. The number of aromatic nitrogens is 3. The second-order valence-corrected chi connectivity index (χ2v) is 7.06. The van der Waals surface area contributed by atoms with Crippen molar-refractivity contribution in [2.45, 2.75) is 38.6 Å². The average molecular weight is 360 g/mol. The molecule has 3 heterocycles. The second kappa shape index (κ2) is 8.35. The Labute approximate surface area is 151 Å². The van der Waals surface area contributed by atoms with E-state index in [2.05, 4.69) is 32.1 Å². The first-order chi connectivity index (χ1) is 12.2. The number of rotatable bonds is 6. The molecule has 0 saturated carbocycles. The zero-order chi connectivity index (χ0) is 17.6. The number of hydrogen-bond acceptors (Lipinski definition) is 7. The SMILES string of the molecule is CCc1cc(N2CCC(NC(=O)c3csc(CCN)n3)CC2)ncn1. The predicted molar refractivity (Wildman–Crippen MR) is 99.0 cm³/mol. The van der Waals surface area contributed by atoms with Gasteiger partial charge in [-0.05, 0) is 25.8 Å². The summed E-state index contributed by atoms with van der Waals surface area (Å²) in [6.07, 6.45) is 5.05.